The number of aryl methyl sites for hydroxylation is 1. The number of para-hydroxylation sites is 1. The van der Waals surface area contributed by atoms with Crippen LogP contribution in [0.2, 0.25) is 0 Å². The smallest absolute Gasteiger partial charge is 0.247 e. The summed E-state index contributed by atoms with van der Waals surface area (Å²) < 4.78 is 12.1. The van der Waals surface area contributed by atoms with E-state index >= 15 is 0 Å². The molecule has 0 fully saturated rings. The fraction of sp³-hybridized carbons (Fsp3) is 0.300. The van der Waals surface area contributed by atoms with Crippen molar-refractivity contribution < 1.29 is 13.9 Å². The molecule has 1 aliphatic heterocycles. The Balaban J connectivity index is 1.95. The molecule has 1 amide bonds. The Morgan fingerprint density at radius 3 is 2.75 bits per heavy atom. The predicted molar refractivity (Wildman–Crippen MR) is 106 cm³/mol. The van der Waals surface area contributed by atoms with Crippen molar-refractivity contribution in [1.29, 1.82) is 0 Å². The lowest BCUT2D eigenvalue weighted by atomic mass is 10.1. The Hall–Kier alpha value is -2.87. The van der Waals surface area contributed by atoms with Crippen molar-refractivity contribution in [2.24, 2.45) is 0 Å². The Labute approximate surface area is 167 Å². The molecular weight excluding hydrogens is 376 g/mol. The number of nitrogens with zero attached hydrogens (tertiary/aromatic N) is 4. The van der Waals surface area contributed by atoms with Gasteiger partial charge >= 0.3 is 0 Å². The minimum Gasteiger partial charge on any atom is -0.460 e. The van der Waals surface area contributed by atoms with Gasteiger partial charge in [-0.1, -0.05) is 36.9 Å². The highest BCUT2D eigenvalue weighted by Crippen LogP contribution is 2.43. The average Bonchev–Trinajstić information content (AvgIpc) is 3.08. The fourth-order valence-electron chi connectivity index (χ4n) is 3.18. The highest BCUT2D eigenvalue weighted by molar-refractivity contribution is 7.98. The predicted octanol–water partition coefficient (Wildman–Crippen LogP) is 4.39. The lowest BCUT2D eigenvalue weighted by molar-refractivity contribution is -0.120. The molecule has 28 heavy (non-hydrogen) atoms. The van der Waals surface area contributed by atoms with E-state index in [1.807, 2.05) is 56.5 Å². The van der Waals surface area contributed by atoms with Gasteiger partial charge in [0.15, 0.2) is 11.5 Å². The Bertz CT molecular complexity index is 1020. The number of anilines is 1. The zero-order valence-electron chi connectivity index (χ0n) is 15.9. The third kappa shape index (κ3) is 3.24. The fourth-order valence-corrected chi connectivity index (χ4v) is 3.47. The van der Waals surface area contributed by atoms with Gasteiger partial charge in [-0.25, -0.2) is 0 Å². The highest BCUT2D eigenvalue weighted by Gasteiger charge is 2.37. The van der Waals surface area contributed by atoms with E-state index in [2.05, 4.69) is 15.2 Å². The van der Waals surface area contributed by atoms with Crippen molar-refractivity contribution in [2.75, 3.05) is 11.2 Å². The Morgan fingerprint density at radius 2 is 2.04 bits per heavy atom. The normalized spacial score (nSPS) is 15.4. The molecule has 8 heteroatoms. The molecule has 1 aliphatic rings. The van der Waals surface area contributed by atoms with E-state index < -0.39 is 6.23 Å². The molecule has 0 unspecified atom stereocenters. The van der Waals surface area contributed by atoms with Crippen molar-refractivity contribution in [1.82, 2.24) is 15.2 Å². The van der Waals surface area contributed by atoms with Crippen LogP contribution in [0.5, 0.6) is 5.88 Å². The average molecular weight is 396 g/mol. The number of hydrogen-bond donors (Lipinski definition) is 0. The number of ether oxygens (including phenoxy) is 1. The number of benzene rings is 1. The number of hydrogen-bond acceptors (Lipinski definition) is 7. The van der Waals surface area contributed by atoms with E-state index in [0.717, 1.165) is 17.7 Å². The third-order valence-electron chi connectivity index (χ3n) is 4.43. The maximum Gasteiger partial charge on any atom is 0.247 e. The van der Waals surface area contributed by atoms with E-state index in [1.165, 1.54) is 11.8 Å². The first-order valence-corrected chi connectivity index (χ1v) is 10.3. The first kappa shape index (κ1) is 18.5. The molecular formula is C20H20N4O3S. The van der Waals surface area contributed by atoms with Gasteiger partial charge < -0.3 is 9.15 Å². The summed E-state index contributed by atoms with van der Waals surface area (Å²) in [5.41, 5.74) is 1.96. The number of carbonyl (C=O) groups excluding carboxylic acids is 1. The molecule has 4 rings (SSSR count). The number of fused-ring (bicyclic) bond motifs is 3. The molecule has 0 aliphatic carbocycles. The van der Waals surface area contributed by atoms with E-state index in [0.29, 0.717) is 34.6 Å². The van der Waals surface area contributed by atoms with Gasteiger partial charge in [0.1, 0.15) is 5.76 Å². The Kier molecular flexibility index (Phi) is 5.04. The SMILES string of the molecule is CCCC(=O)N1c2ccccc2-c2nnc(SC)nc2O[C@@H]1c1ccc(C)o1. The molecule has 1 atom stereocenters. The van der Waals surface area contributed by atoms with Gasteiger partial charge in [0.2, 0.25) is 23.2 Å². The summed E-state index contributed by atoms with van der Waals surface area (Å²) >= 11 is 1.38. The molecule has 2 aromatic heterocycles. The monoisotopic (exact) mass is 396 g/mol. The van der Waals surface area contributed by atoms with Crippen LogP contribution in [0.15, 0.2) is 46.0 Å². The van der Waals surface area contributed by atoms with Gasteiger partial charge in [-0.3, -0.25) is 9.69 Å². The summed E-state index contributed by atoms with van der Waals surface area (Å²) in [5.74, 6) is 1.55. The molecule has 0 radical (unpaired) electrons. The van der Waals surface area contributed by atoms with E-state index in [9.17, 15) is 4.79 Å². The summed E-state index contributed by atoms with van der Waals surface area (Å²) in [5, 5.41) is 8.99. The van der Waals surface area contributed by atoms with Crippen molar-refractivity contribution >= 4 is 23.4 Å². The van der Waals surface area contributed by atoms with Crippen LogP contribution in [0.1, 0.15) is 37.5 Å². The summed E-state index contributed by atoms with van der Waals surface area (Å²) in [6.45, 7) is 3.83. The van der Waals surface area contributed by atoms with E-state index in [-0.39, 0.29) is 5.91 Å². The number of amides is 1. The largest absolute Gasteiger partial charge is 0.460 e. The lowest BCUT2D eigenvalue weighted by Crippen LogP contribution is -2.37. The van der Waals surface area contributed by atoms with Crippen LogP contribution in [0.25, 0.3) is 11.3 Å². The second-order valence-electron chi connectivity index (χ2n) is 6.40. The third-order valence-corrected chi connectivity index (χ3v) is 4.97. The molecule has 0 bridgehead atoms. The quantitative estimate of drug-likeness (QED) is 0.605. The van der Waals surface area contributed by atoms with E-state index in [4.69, 9.17) is 9.15 Å². The number of rotatable bonds is 4. The highest BCUT2D eigenvalue weighted by atomic mass is 32.2. The van der Waals surface area contributed by atoms with Crippen LogP contribution in [-0.4, -0.2) is 27.3 Å². The van der Waals surface area contributed by atoms with Crippen LogP contribution >= 0.6 is 11.8 Å². The molecule has 3 heterocycles. The van der Waals surface area contributed by atoms with Crippen LogP contribution in [0.3, 0.4) is 0 Å². The zero-order valence-corrected chi connectivity index (χ0v) is 16.7. The van der Waals surface area contributed by atoms with Crippen molar-refractivity contribution in [2.45, 2.75) is 38.1 Å². The second-order valence-corrected chi connectivity index (χ2v) is 7.18. The van der Waals surface area contributed by atoms with Gasteiger partial charge in [0.05, 0.1) is 5.69 Å². The molecule has 0 N–H and O–H groups in total. The molecule has 0 saturated carbocycles. The Morgan fingerprint density at radius 1 is 1.21 bits per heavy atom. The van der Waals surface area contributed by atoms with Gasteiger partial charge in [0, 0.05) is 12.0 Å². The van der Waals surface area contributed by atoms with Gasteiger partial charge in [-0.05, 0) is 37.8 Å². The molecule has 7 nitrogen and oxygen atoms in total. The summed E-state index contributed by atoms with van der Waals surface area (Å²) in [7, 11) is 0. The summed E-state index contributed by atoms with van der Waals surface area (Å²) in [6.07, 6.45) is 2.21. The van der Waals surface area contributed by atoms with E-state index in [1.54, 1.807) is 4.90 Å². The molecule has 0 spiro atoms. The first-order valence-electron chi connectivity index (χ1n) is 9.05. The zero-order chi connectivity index (χ0) is 19.7. The number of carbonyl (C=O) groups is 1. The summed E-state index contributed by atoms with van der Waals surface area (Å²) in [6, 6.07) is 11.2. The molecule has 3 aromatic rings. The minimum absolute atomic E-state index is 0.0557. The second kappa shape index (κ2) is 7.63. The first-order chi connectivity index (χ1) is 13.6. The molecule has 1 aromatic carbocycles. The van der Waals surface area contributed by atoms with Crippen LogP contribution in [-0.2, 0) is 4.79 Å². The minimum atomic E-state index is -0.776. The van der Waals surface area contributed by atoms with Crippen molar-refractivity contribution in [3.8, 4) is 17.1 Å². The standard InChI is InChI=1S/C20H20N4O3S/c1-4-7-16(25)24-14-9-6-5-8-13(14)17-18(21-20(28-3)23-22-17)27-19(24)15-11-10-12(2)26-15/h5-6,8-11,19H,4,7H2,1-3H3/t19-/m1/s1. The topological polar surface area (TPSA) is 81.4 Å². The van der Waals surface area contributed by atoms with Crippen LogP contribution in [0.4, 0.5) is 5.69 Å². The molecule has 0 saturated heterocycles. The van der Waals surface area contributed by atoms with Gasteiger partial charge in [-0.15, -0.1) is 10.2 Å². The summed E-state index contributed by atoms with van der Waals surface area (Å²) in [4.78, 5) is 19.3. The van der Waals surface area contributed by atoms with Crippen LogP contribution < -0.4 is 9.64 Å². The van der Waals surface area contributed by atoms with Gasteiger partial charge in [-0.2, -0.15) is 4.98 Å². The van der Waals surface area contributed by atoms with Crippen LogP contribution in [0, 0.1) is 6.92 Å². The lowest BCUT2D eigenvalue weighted by Gasteiger charge is -2.29. The number of furan rings is 1. The molecule has 144 valence electrons. The number of aromatic nitrogens is 3. The maximum atomic E-state index is 13.1. The van der Waals surface area contributed by atoms with Crippen molar-refractivity contribution in [3.63, 3.8) is 0 Å². The van der Waals surface area contributed by atoms with Gasteiger partial charge in [0.25, 0.3) is 0 Å². The van der Waals surface area contributed by atoms with Crippen molar-refractivity contribution in [3.05, 3.63) is 47.9 Å². The number of thioether (sulfide) groups is 1. The maximum absolute atomic E-state index is 13.1.